The van der Waals surface area contributed by atoms with E-state index in [1.807, 2.05) is 0 Å². The van der Waals surface area contributed by atoms with Gasteiger partial charge in [0.15, 0.2) is 0 Å². The van der Waals surface area contributed by atoms with Gasteiger partial charge < -0.3 is 15.4 Å². The molecule has 4 nitrogen and oxygen atoms in total. The summed E-state index contributed by atoms with van der Waals surface area (Å²) in [6, 6.07) is 0. The van der Waals surface area contributed by atoms with Gasteiger partial charge in [-0.15, -0.1) is 0 Å². The highest BCUT2D eigenvalue weighted by Gasteiger charge is 1.99. The summed E-state index contributed by atoms with van der Waals surface area (Å²) in [6.07, 6.45) is 4.52. The van der Waals surface area contributed by atoms with E-state index in [1.54, 1.807) is 7.11 Å². The average Bonchev–Trinajstić information content (AvgIpc) is 2.29. The third-order valence-corrected chi connectivity index (χ3v) is 2.52. The zero-order valence-corrected chi connectivity index (χ0v) is 11.6. The molecule has 0 aliphatic rings. The molecule has 2 N–H and O–H groups in total. The van der Waals surface area contributed by atoms with Gasteiger partial charge in [-0.05, 0) is 25.3 Å². The van der Waals surface area contributed by atoms with Crippen LogP contribution in [0.2, 0.25) is 0 Å². The normalized spacial score (nSPS) is 10.8. The van der Waals surface area contributed by atoms with E-state index in [9.17, 15) is 4.79 Å². The van der Waals surface area contributed by atoms with Gasteiger partial charge in [0.1, 0.15) is 0 Å². The fourth-order valence-corrected chi connectivity index (χ4v) is 1.51. The number of amides is 1. The lowest BCUT2D eigenvalue weighted by atomic mass is 10.1. The molecule has 17 heavy (non-hydrogen) atoms. The van der Waals surface area contributed by atoms with Gasteiger partial charge in [0.05, 0.1) is 6.54 Å². The molecule has 0 saturated carbocycles. The molecule has 0 aliphatic heterocycles. The smallest absolute Gasteiger partial charge is 0.233 e. The first-order chi connectivity index (χ1) is 8.16. The van der Waals surface area contributed by atoms with Crippen molar-refractivity contribution in [1.29, 1.82) is 0 Å². The van der Waals surface area contributed by atoms with E-state index in [0.717, 1.165) is 25.3 Å². The molecular formula is C13H28N2O2. The third-order valence-electron chi connectivity index (χ3n) is 2.52. The Morgan fingerprint density at radius 1 is 1.18 bits per heavy atom. The maximum Gasteiger partial charge on any atom is 0.233 e. The quantitative estimate of drug-likeness (QED) is 0.542. The molecule has 0 aliphatic carbocycles. The van der Waals surface area contributed by atoms with E-state index in [4.69, 9.17) is 4.74 Å². The Labute approximate surface area is 105 Å². The van der Waals surface area contributed by atoms with Crippen molar-refractivity contribution in [2.45, 2.75) is 39.5 Å². The Kier molecular flexibility index (Phi) is 11.4. The minimum Gasteiger partial charge on any atom is -0.385 e. The Balaban J connectivity index is 3.16. The highest BCUT2D eigenvalue weighted by atomic mass is 16.5. The molecule has 0 aromatic carbocycles. The van der Waals surface area contributed by atoms with Gasteiger partial charge in [-0.2, -0.15) is 0 Å². The van der Waals surface area contributed by atoms with Gasteiger partial charge in [0.25, 0.3) is 0 Å². The Hall–Kier alpha value is -0.610. The number of carbonyl (C=O) groups excluding carboxylic acids is 1. The van der Waals surface area contributed by atoms with Gasteiger partial charge in [-0.3, -0.25) is 4.79 Å². The van der Waals surface area contributed by atoms with E-state index in [-0.39, 0.29) is 5.91 Å². The molecule has 0 heterocycles. The zero-order chi connectivity index (χ0) is 12.9. The van der Waals surface area contributed by atoms with E-state index in [1.165, 1.54) is 12.8 Å². The minimum atomic E-state index is 0.0740. The first kappa shape index (κ1) is 16.4. The Morgan fingerprint density at radius 3 is 2.59 bits per heavy atom. The summed E-state index contributed by atoms with van der Waals surface area (Å²) >= 11 is 0. The molecule has 0 aromatic rings. The van der Waals surface area contributed by atoms with E-state index >= 15 is 0 Å². The van der Waals surface area contributed by atoms with Crippen molar-refractivity contribution in [3.8, 4) is 0 Å². The molecule has 1 amide bonds. The Morgan fingerprint density at radius 2 is 1.94 bits per heavy atom. The molecule has 0 bridgehead atoms. The molecule has 0 radical (unpaired) electrons. The SMILES string of the molecule is COCCCNC(=O)CNCCCCC(C)C. The molecule has 0 aromatic heterocycles. The van der Waals surface area contributed by atoms with Crippen LogP contribution in [-0.4, -0.2) is 39.3 Å². The number of hydrogen-bond donors (Lipinski definition) is 2. The summed E-state index contributed by atoms with van der Waals surface area (Å²) in [7, 11) is 1.67. The largest absolute Gasteiger partial charge is 0.385 e. The van der Waals surface area contributed by atoms with Gasteiger partial charge >= 0.3 is 0 Å². The summed E-state index contributed by atoms with van der Waals surface area (Å²) in [4.78, 5) is 11.3. The number of methoxy groups -OCH3 is 1. The number of rotatable bonds is 11. The molecule has 0 saturated heterocycles. The lowest BCUT2D eigenvalue weighted by Crippen LogP contribution is -2.35. The first-order valence-corrected chi connectivity index (χ1v) is 6.63. The van der Waals surface area contributed by atoms with Gasteiger partial charge in [0.2, 0.25) is 5.91 Å². The highest BCUT2D eigenvalue weighted by molar-refractivity contribution is 5.77. The minimum absolute atomic E-state index is 0.0740. The van der Waals surface area contributed by atoms with Crippen LogP contribution < -0.4 is 10.6 Å². The number of ether oxygens (including phenoxy) is 1. The van der Waals surface area contributed by atoms with Gasteiger partial charge in [-0.25, -0.2) is 0 Å². The summed E-state index contributed by atoms with van der Waals surface area (Å²) in [5.74, 6) is 0.851. The van der Waals surface area contributed by atoms with E-state index in [2.05, 4.69) is 24.5 Å². The van der Waals surface area contributed by atoms with Crippen LogP contribution in [0.3, 0.4) is 0 Å². The van der Waals surface area contributed by atoms with Crippen LogP contribution >= 0.6 is 0 Å². The van der Waals surface area contributed by atoms with Gasteiger partial charge in [-0.1, -0.05) is 26.7 Å². The summed E-state index contributed by atoms with van der Waals surface area (Å²) in [5.41, 5.74) is 0. The second kappa shape index (κ2) is 11.9. The van der Waals surface area contributed by atoms with E-state index in [0.29, 0.717) is 19.7 Å². The average molecular weight is 244 g/mol. The van der Waals surface area contributed by atoms with Crippen molar-refractivity contribution in [2.75, 3.05) is 33.4 Å². The third kappa shape index (κ3) is 13.3. The van der Waals surface area contributed by atoms with Crippen LogP contribution in [0.4, 0.5) is 0 Å². The van der Waals surface area contributed by atoms with Crippen LogP contribution in [0.5, 0.6) is 0 Å². The molecule has 0 atom stereocenters. The van der Waals surface area contributed by atoms with Crippen LogP contribution in [0, 0.1) is 5.92 Å². The van der Waals surface area contributed by atoms with Crippen molar-refractivity contribution < 1.29 is 9.53 Å². The summed E-state index contributed by atoms with van der Waals surface area (Å²) < 4.78 is 4.90. The first-order valence-electron chi connectivity index (χ1n) is 6.63. The predicted octanol–water partition coefficient (Wildman–Crippen LogP) is 1.55. The highest BCUT2D eigenvalue weighted by Crippen LogP contribution is 2.04. The topological polar surface area (TPSA) is 50.4 Å². The number of hydrogen-bond acceptors (Lipinski definition) is 3. The molecule has 0 spiro atoms. The second-order valence-corrected chi connectivity index (χ2v) is 4.76. The number of nitrogens with one attached hydrogen (secondary N) is 2. The van der Waals surface area contributed by atoms with Crippen LogP contribution in [0.1, 0.15) is 39.5 Å². The lowest BCUT2D eigenvalue weighted by molar-refractivity contribution is -0.120. The fraction of sp³-hybridized carbons (Fsp3) is 0.923. The van der Waals surface area contributed by atoms with Crippen molar-refractivity contribution in [2.24, 2.45) is 5.92 Å². The number of unbranched alkanes of at least 4 members (excludes halogenated alkanes) is 1. The standard InChI is InChI=1S/C13H28N2O2/c1-12(2)7-4-5-8-14-11-13(16)15-9-6-10-17-3/h12,14H,4-11H2,1-3H3,(H,15,16). The molecule has 102 valence electrons. The molecular weight excluding hydrogens is 216 g/mol. The van der Waals surface area contributed by atoms with Crippen LogP contribution in [0.25, 0.3) is 0 Å². The van der Waals surface area contributed by atoms with Crippen molar-refractivity contribution in [3.05, 3.63) is 0 Å². The second-order valence-electron chi connectivity index (χ2n) is 4.76. The zero-order valence-electron chi connectivity index (χ0n) is 11.6. The Bertz CT molecular complexity index is 184. The van der Waals surface area contributed by atoms with Crippen molar-refractivity contribution in [3.63, 3.8) is 0 Å². The summed E-state index contributed by atoms with van der Waals surface area (Å²) in [5, 5.41) is 6.00. The summed E-state index contributed by atoms with van der Waals surface area (Å²) in [6.45, 7) is 7.22. The van der Waals surface area contributed by atoms with Crippen molar-refractivity contribution >= 4 is 5.91 Å². The van der Waals surface area contributed by atoms with Gasteiger partial charge in [0, 0.05) is 20.3 Å². The molecule has 4 heteroatoms. The van der Waals surface area contributed by atoms with E-state index < -0.39 is 0 Å². The van der Waals surface area contributed by atoms with Crippen LogP contribution in [0.15, 0.2) is 0 Å². The molecule has 0 rings (SSSR count). The molecule has 0 unspecified atom stereocenters. The maximum absolute atomic E-state index is 11.3. The van der Waals surface area contributed by atoms with Crippen LogP contribution in [-0.2, 0) is 9.53 Å². The predicted molar refractivity (Wildman–Crippen MR) is 71.1 cm³/mol. The molecule has 0 fully saturated rings. The number of carbonyl (C=O) groups is 1. The monoisotopic (exact) mass is 244 g/mol. The lowest BCUT2D eigenvalue weighted by Gasteiger charge is -2.07. The van der Waals surface area contributed by atoms with Crippen molar-refractivity contribution in [1.82, 2.24) is 10.6 Å². The maximum atomic E-state index is 11.3. The fourth-order valence-electron chi connectivity index (χ4n) is 1.51.